The number of thiophene rings is 1. The summed E-state index contributed by atoms with van der Waals surface area (Å²) in [5.41, 5.74) is 0. The van der Waals surface area contributed by atoms with Crippen molar-refractivity contribution in [2.75, 3.05) is 6.61 Å². The van der Waals surface area contributed by atoms with E-state index < -0.39 is 5.97 Å². The first kappa shape index (κ1) is 13.0. The SMILES string of the molecule is CC(NC(=O)c1ccc(C(=O)O)s1)C1CCCO1. The van der Waals surface area contributed by atoms with E-state index >= 15 is 0 Å². The van der Waals surface area contributed by atoms with Gasteiger partial charge in [-0.15, -0.1) is 11.3 Å². The zero-order valence-electron chi connectivity index (χ0n) is 10.0. The molecule has 2 unspecified atom stereocenters. The van der Waals surface area contributed by atoms with Gasteiger partial charge in [-0.25, -0.2) is 4.79 Å². The summed E-state index contributed by atoms with van der Waals surface area (Å²) in [4.78, 5) is 23.2. The van der Waals surface area contributed by atoms with E-state index in [-0.39, 0.29) is 22.9 Å². The van der Waals surface area contributed by atoms with Gasteiger partial charge in [0.2, 0.25) is 0 Å². The van der Waals surface area contributed by atoms with Crippen LogP contribution in [0.3, 0.4) is 0 Å². The first-order valence-corrected chi connectivity index (χ1v) is 6.65. The summed E-state index contributed by atoms with van der Waals surface area (Å²) >= 11 is 0.981. The molecule has 0 spiro atoms. The lowest BCUT2D eigenvalue weighted by atomic mass is 10.1. The smallest absolute Gasteiger partial charge is 0.345 e. The van der Waals surface area contributed by atoms with Gasteiger partial charge in [0.25, 0.3) is 5.91 Å². The van der Waals surface area contributed by atoms with Gasteiger partial charge in [-0.1, -0.05) is 0 Å². The third kappa shape index (κ3) is 2.88. The van der Waals surface area contributed by atoms with Gasteiger partial charge in [0.15, 0.2) is 0 Å². The third-order valence-corrected chi connectivity index (χ3v) is 3.99. The Balaban J connectivity index is 1.95. The van der Waals surface area contributed by atoms with Crippen LogP contribution in [0.5, 0.6) is 0 Å². The van der Waals surface area contributed by atoms with Gasteiger partial charge in [0, 0.05) is 6.61 Å². The Morgan fingerprint density at radius 2 is 2.22 bits per heavy atom. The van der Waals surface area contributed by atoms with Gasteiger partial charge in [-0.3, -0.25) is 4.79 Å². The molecule has 1 fully saturated rings. The second-order valence-corrected chi connectivity index (χ2v) is 5.37. The number of carboxylic acids is 1. The molecule has 1 aromatic heterocycles. The largest absolute Gasteiger partial charge is 0.477 e. The molecule has 6 heteroatoms. The molecule has 0 bridgehead atoms. The van der Waals surface area contributed by atoms with Crippen LogP contribution in [-0.4, -0.2) is 35.7 Å². The fourth-order valence-electron chi connectivity index (χ4n) is 1.94. The minimum atomic E-state index is -1.01. The number of ether oxygens (including phenoxy) is 1. The van der Waals surface area contributed by atoms with E-state index in [2.05, 4.69) is 5.32 Å². The fraction of sp³-hybridized carbons (Fsp3) is 0.500. The maximum Gasteiger partial charge on any atom is 0.345 e. The van der Waals surface area contributed by atoms with Crippen LogP contribution in [0.2, 0.25) is 0 Å². The van der Waals surface area contributed by atoms with Crippen molar-refractivity contribution >= 4 is 23.2 Å². The molecular formula is C12H15NO4S. The highest BCUT2D eigenvalue weighted by atomic mass is 32.1. The van der Waals surface area contributed by atoms with Crippen molar-refractivity contribution in [3.05, 3.63) is 21.9 Å². The Bertz CT molecular complexity index is 451. The number of hydrogen-bond donors (Lipinski definition) is 2. The van der Waals surface area contributed by atoms with Crippen molar-refractivity contribution in [2.24, 2.45) is 0 Å². The van der Waals surface area contributed by atoms with Gasteiger partial charge < -0.3 is 15.2 Å². The molecular weight excluding hydrogens is 254 g/mol. The second-order valence-electron chi connectivity index (χ2n) is 4.28. The van der Waals surface area contributed by atoms with Crippen LogP contribution in [0, 0.1) is 0 Å². The lowest BCUT2D eigenvalue weighted by Crippen LogP contribution is -2.40. The molecule has 5 nitrogen and oxygen atoms in total. The van der Waals surface area contributed by atoms with Crippen molar-refractivity contribution < 1.29 is 19.4 Å². The highest BCUT2D eigenvalue weighted by Crippen LogP contribution is 2.18. The van der Waals surface area contributed by atoms with Crippen LogP contribution in [0.4, 0.5) is 0 Å². The number of amides is 1. The first-order chi connectivity index (χ1) is 8.58. The van der Waals surface area contributed by atoms with Crippen molar-refractivity contribution in [2.45, 2.75) is 31.9 Å². The van der Waals surface area contributed by atoms with Crippen molar-refractivity contribution in [3.63, 3.8) is 0 Å². The zero-order chi connectivity index (χ0) is 13.1. The highest BCUT2D eigenvalue weighted by molar-refractivity contribution is 7.15. The molecule has 0 aromatic carbocycles. The summed E-state index contributed by atoms with van der Waals surface area (Å²) in [7, 11) is 0. The third-order valence-electron chi connectivity index (χ3n) is 2.92. The number of nitrogens with one attached hydrogen (secondary N) is 1. The van der Waals surface area contributed by atoms with Crippen molar-refractivity contribution in [1.82, 2.24) is 5.32 Å². The lowest BCUT2D eigenvalue weighted by Gasteiger charge is -2.19. The molecule has 18 heavy (non-hydrogen) atoms. The molecule has 1 aliphatic heterocycles. The molecule has 1 aromatic rings. The normalized spacial score (nSPS) is 20.6. The number of carboxylic acid groups (broad SMARTS) is 1. The van der Waals surface area contributed by atoms with Gasteiger partial charge in [-0.05, 0) is 31.9 Å². The van der Waals surface area contributed by atoms with E-state index in [0.717, 1.165) is 30.8 Å². The molecule has 2 N–H and O–H groups in total. The standard InChI is InChI=1S/C12H15NO4S/c1-7(8-3-2-6-17-8)13-11(14)9-4-5-10(18-9)12(15)16/h4-5,7-8H,2-3,6H2,1H3,(H,13,14)(H,15,16). The van der Waals surface area contributed by atoms with Gasteiger partial charge in [0.1, 0.15) is 4.88 Å². The van der Waals surface area contributed by atoms with Crippen LogP contribution in [-0.2, 0) is 4.74 Å². The Hall–Kier alpha value is -1.40. The number of carbonyl (C=O) groups is 2. The Kier molecular flexibility index (Phi) is 3.98. The monoisotopic (exact) mass is 269 g/mol. The van der Waals surface area contributed by atoms with Gasteiger partial charge in [0.05, 0.1) is 17.0 Å². The van der Waals surface area contributed by atoms with E-state index in [1.165, 1.54) is 12.1 Å². The number of hydrogen-bond acceptors (Lipinski definition) is 4. The minimum absolute atomic E-state index is 0.0598. The Labute approximate surface area is 109 Å². The molecule has 1 saturated heterocycles. The van der Waals surface area contributed by atoms with Gasteiger partial charge in [-0.2, -0.15) is 0 Å². The highest BCUT2D eigenvalue weighted by Gasteiger charge is 2.24. The van der Waals surface area contributed by atoms with Crippen LogP contribution in [0.1, 0.15) is 39.1 Å². The number of aromatic carboxylic acids is 1. The van der Waals surface area contributed by atoms with Crippen LogP contribution in [0.25, 0.3) is 0 Å². The molecule has 0 radical (unpaired) electrons. The second kappa shape index (κ2) is 5.49. The summed E-state index contributed by atoms with van der Waals surface area (Å²) in [5.74, 6) is -1.25. The van der Waals surface area contributed by atoms with E-state index in [0.29, 0.717) is 4.88 Å². The molecule has 98 valence electrons. The zero-order valence-corrected chi connectivity index (χ0v) is 10.8. The molecule has 2 heterocycles. The Morgan fingerprint density at radius 1 is 1.50 bits per heavy atom. The van der Waals surface area contributed by atoms with Crippen LogP contribution >= 0.6 is 11.3 Å². The topological polar surface area (TPSA) is 75.6 Å². The van der Waals surface area contributed by atoms with E-state index in [9.17, 15) is 9.59 Å². The summed E-state index contributed by atoms with van der Waals surface area (Å²) in [5, 5.41) is 11.6. The van der Waals surface area contributed by atoms with Crippen molar-refractivity contribution in [3.8, 4) is 0 Å². The number of rotatable bonds is 4. The average molecular weight is 269 g/mol. The summed E-state index contributed by atoms with van der Waals surface area (Å²) in [6.07, 6.45) is 2.03. The van der Waals surface area contributed by atoms with E-state index in [1.807, 2.05) is 6.92 Å². The molecule has 0 aliphatic carbocycles. The van der Waals surface area contributed by atoms with E-state index in [4.69, 9.17) is 9.84 Å². The van der Waals surface area contributed by atoms with Crippen LogP contribution < -0.4 is 5.32 Å². The minimum Gasteiger partial charge on any atom is -0.477 e. The quantitative estimate of drug-likeness (QED) is 0.873. The predicted octanol–water partition coefficient (Wildman–Crippen LogP) is 1.74. The first-order valence-electron chi connectivity index (χ1n) is 5.83. The molecule has 1 amide bonds. The molecule has 2 rings (SSSR count). The summed E-state index contributed by atoms with van der Waals surface area (Å²) in [6.45, 7) is 2.65. The summed E-state index contributed by atoms with van der Waals surface area (Å²) < 4.78 is 5.49. The molecule has 0 saturated carbocycles. The maximum atomic E-state index is 11.9. The maximum absolute atomic E-state index is 11.9. The number of carbonyl (C=O) groups excluding carboxylic acids is 1. The van der Waals surface area contributed by atoms with Crippen molar-refractivity contribution in [1.29, 1.82) is 0 Å². The fourth-order valence-corrected chi connectivity index (χ4v) is 2.69. The summed E-state index contributed by atoms with van der Waals surface area (Å²) in [6, 6.07) is 2.92. The average Bonchev–Trinajstić information content (AvgIpc) is 3.00. The Morgan fingerprint density at radius 3 is 2.78 bits per heavy atom. The molecule has 2 atom stereocenters. The molecule has 1 aliphatic rings. The van der Waals surface area contributed by atoms with Crippen LogP contribution in [0.15, 0.2) is 12.1 Å². The van der Waals surface area contributed by atoms with Gasteiger partial charge >= 0.3 is 5.97 Å². The lowest BCUT2D eigenvalue weighted by molar-refractivity contribution is 0.0701. The van der Waals surface area contributed by atoms with E-state index in [1.54, 1.807) is 0 Å². The predicted molar refractivity (Wildman–Crippen MR) is 67.2 cm³/mol.